The van der Waals surface area contributed by atoms with Crippen LogP contribution in [0.5, 0.6) is 5.75 Å². The van der Waals surface area contributed by atoms with E-state index in [1.807, 2.05) is 36.4 Å². The molecule has 0 bridgehead atoms. The Morgan fingerprint density at radius 3 is 2.88 bits per heavy atom. The summed E-state index contributed by atoms with van der Waals surface area (Å²) in [7, 11) is 0. The van der Waals surface area contributed by atoms with E-state index in [1.165, 1.54) is 0 Å². The van der Waals surface area contributed by atoms with Gasteiger partial charge in [-0.2, -0.15) is 0 Å². The van der Waals surface area contributed by atoms with Crippen molar-refractivity contribution in [3.63, 3.8) is 0 Å². The van der Waals surface area contributed by atoms with Crippen LogP contribution in [0.4, 0.5) is 5.69 Å². The average molecular weight is 370 g/mol. The number of benzene rings is 1. The third-order valence-corrected chi connectivity index (χ3v) is 3.66. The van der Waals surface area contributed by atoms with Gasteiger partial charge in [-0.1, -0.05) is 12.1 Å². The van der Waals surface area contributed by atoms with Crippen LogP contribution in [0, 0.1) is 5.92 Å². The van der Waals surface area contributed by atoms with E-state index in [9.17, 15) is 4.79 Å². The molecule has 2 heterocycles. The Bertz CT molecular complexity index is 635. The van der Waals surface area contributed by atoms with E-state index in [0.717, 1.165) is 36.5 Å². The summed E-state index contributed by atoms with van der Waals surface area (Å²) in [5.74, 6) is 0.848. The monoisotopic (exact) mass is 369 g/mol. The van der Waals surface area contributed by atoms with Crippen molar-refractivity contribution in [1.29, 1.82) is 0 Å². The van der Waals surface area contributed by atoms with Gasteiger partial charge in [0.1, 0.15) is 12.4 Å². The highest BCUT2D eigenvalue weighted by Gasteiger charge is 2.22. The van der Waals surface area contributed by atoms with Gasteiger partial charge in [0.15, 0.2) is 0 Å². The number of anilines is 1. The van der Waals surface area contributed by atoms with E-state index in [2.05, 4.69) is 15.6 Å². The summed E-state index contributed by atoms with van der Waals surface area (Å²) >= 11 is 0. The van der Waals surface area contributed by atoms with Gasteiger partial charge >= 0.3 is 0 Å². The Kier molecular flexibility index (Phi) is 8.54. The molecule has 1 saturated heterocycles. The Hall–Kier alpha value is -1.82. The molecule has 5 nitrogen and oxygen atoms in total. The molecule has 2 aromatic rings. The van der Waals surface area contributed by atoms with Gasteiger partial charge in [0.25, 0.3) is 0 Å². The molecule has 1 aromatic carbocycles. The molecule has 1 atom stereocenters. The van der Waals surface area contributed by atoms with Crippen LogP contribution in [0.1, 0.15) is 12.0 Å². The molecule has 0 aliphatic carbocycles. The van der Waals surface area contributed by atoms with Crippen LogP contribution in [0.3, 0.4) is 0 Å². The zero-order valence-electron chi connectivity index (χ0n) is 13.1. The lowest BCUT2D eigenvalue weighted by Crippen LogP contribution is -2.24. The number of pyridine rings is 1. The maximum atomic E-state index is 12.1. The molecule has 0 spiro atoms. The average Bonchev–Trinajstić information content (AvgIpc) is 3.09. The molecule has 0 radical (unpaired) electrons. The van der Waals surface area contributed by atoms with E-state index < -0.39 is 0 Å². The predicted octanol–water partition coefficient (Wildman–Crippen LogP) is 3.05. The molecule has 0 saturated carbocycles. The number of carbonyl (C=O) groups is 1. The van der Waals surface area contributed by atoms with Crippen molar-refractivity contribution in [2.45, 2.75) is 13.0 Å². The summed E-state index contributed by atoms with van der Waals surface area (Å²) < 4.78 is 5.74. The van der Waals surface area contributed by atoms with Crippen LogP contribution in [0.25, 0.3) is 0 Å². The Balaban J connectivity index is 0.00000144. The quantitative estimate of drug-likeness (QED) is 0.849. The minimum atomic E-state index is 0. The summed E-state index contributed by atoms with van der Waals surface area (Å²) in [6, 6.07) is 11.3. The predicted molar refractivity (Wildman–Crippen MR) is 99.1 cm³/mol. The van der Waals surface area contributed by atoms with Gasteiger partial charge in [0.2, 0.25) is 5.91 Å². The maximum absolute atomic E-state index is 12.1. The fourth-order valence-corrected chi connectivity index (χ4v) is 2.44. The zero-order chi connectivity index (χ0) is 15.2. The zero-order valence-corrected chi connectivity index (χ0v) is 14.7. The number of ether oxygens (including phenoxy) is 1. The van der Waals surface area contributed by atoms with Gasteiger partial charge in [-0.05, 0) is 31.2 Å². The van der Waals surface area contributed by atoms with Crippen molar-refractivity contribution < 1.29 is 9.53 Å². The molecule has 1 amide bonds. The van der Waals surface area contributed by atoms with Gasteiger partial charge in [-0.15, -0.1) is 24.8 Å². The molecule has 1 aliphatic rings. The van der Waals surface area contributed by atoms with Gasteiger partial charge in [0.05, 0.1) is 5.92 Å². The first-order valence-corrected chi connectivity index (χ1v) is 7.44. The van der Waals surface area contributed by atoms with Crippen molar-refractivity contribution in [2.24, 2.45) is 5.92 Å². The van der Waals surface area contributed by atoms with E-state index in [4.69, 9.17) is 4.74 Å². The number of aromatic nitrogens is 1. The number of hydrogen-bond acceptors (Lipinski definition) is 4. The first-order chi connectivity index (χ1) is 10.8. The van der Waals surface area contributed by atoms with Crippen molar-refractivity contribution in [1.82, 2.24) is 10.3 Å². The van der Waals surface area contributed by atoms with Crippen LogP contribution in [0.15, 0.2) is 48.8 Å². The van der Waals surface area contributed by atoms with Crippen LogP contribution in [-0.2, 0) is 11.4 Å². The van der Waals surface area contributed by atoms with E-state index in [1.54, 1.807) is 12.4 Å². The van der Waals surface area contributed by atoms with E-state index >= 15 is 0 Å². The standard InChI is InChI=1S/C17H19N3O2.2ClH/c21-17(14-6-8-19-11-14)20-15-4-1-5-16(9-15)22-12-13-3-2-7-18-10-13;;/h1-5,7,9-10,14,19H,6,8,11-12H2,(H,20,21);2*1H. The molecule has 2 N–H and O–H groups in total. The maximum Gasteiger partial charge on any atom is 0.228 e. The summed E-state index contributed by atoms with van der Waals surface area (Å²) in [5.41, 5.74) is 1.77. The number of amides is 1. The molecule has 7 heteroatoms. The highest BCUT2D eigenvalue weighted by Crippen LogP contribution is 2.20. The van der Waals surface area contributed by atoms with Gasteiger partial charge < -0.3 is 15.4 Å². The van der Waals surface area contributed by atoms with Crippen LogP contribution in [0.2, 0.25) is 0 Å². The van der Waals surface area contributed by atoms with Crippen molar-refractivity contribution >= 4 is 36.4 Å². The minimum Gasteiger partial charge on any atom is -0.489 e. The summed E-state index contributed by atoms with van der Waals surface area (Å²) in [6.45, 7) is 2.12. The lowest BCUT2D eigenvalue weighted by atomic mass is 10.1. The Labute approximate surface area is 154 Å². The lowest BCUT2D eigenvalue weighted by molar-refractivity contribution is -0.119. The normalized spacial score (nSPS) is 15.8. The SMILES string of the molecule is Cl.Cl.O=C(Nc1cccc(OCc2cccnc2)c1)C1CCNC1. The number of nitrogens with one attached hydrogen (secondary N) is 2. The molecule has 130 valence electrons. The van der Waals surface area contributed by atoms with Gasteiger partial charge in [-0.3, -0.25) is 9.78 Å². The van der Waals surface area contributed by atoms with Crippen molar-refractivity contribution in [3.05, 3.63) is 54.4 Å². The second-order valence-electron chi connectivity index (χ2n) is 5.36. The number of nitrogens with zero attached hydrogens (tertiary/aromatic N) is 1. The number of halogens is 2. The van der Waals surface area contributed by atoms with Gasteiger partial charge in [-0.25, -0.2) is 0 Å². The Morgan fingerprint density at radius 1 is 1.29 bits per heavy atom. The summed E-state index contributed by atoms with van der Waals surface area (Å²) in [5, 5.41) is 6.15. The van der Waals surface area contributed by atoms with Crippen LogP contribution in [-0.4, -0.2) is 24.0 Å². The molecule has 24 heavy (non-hydrogen) atoms. The Morgan fingerprint density at radius 2 is 2.17 bits per heavy atom. The van der Waals surface area contributed by atoms with Crippen molar-refractivity contribution in [2.75, 3.05) is 18.4 Å². The lowest BCUT2D eigenvalue weighted by Gasteiger charge is -2.11. The minimum absolute atomic E-state index is 0. The van der Waals surface area contributed by atoms with Crippen LogP contribution >= 0.6 is 24.8 Å². The molecule has 1 aliphatic heterocycles. The number of carbonyl (C=O) groups excluding carboxylic acids is 1. The molecule has 1 unspecified atom stereocenters. The van der Waals surface area contributed by atoms with E-state index in [0.29, 0.717) is 6.61 Å². The van der Waals surface area contributed by atoms with Crippen LogP contribution < -0.4 is 15.4 Å². The molecule has 1 fully saturated rings. The number of hydrogen-bond donors (Lipinski definition) is 2. The third kappa shape index (κ3) is 5.67. The first-order valence-electron chi connectivity index (χ1n) is 7.44. The second-order valence-corrected chi connectivity index (χ2v) is 5.36. The highest BCUT2D eigenvalue weighted by molar-refractivity contribution is 5.93. The topological polar surface area (TPSA) is 63.2 Å². The fraction of sp³-hybridized carbons (Fsp3) is 0.294. The fourth-order valence-electron chi connectivity index (χ4n) is 2.44. The third-order valence-electron chi connectivity index (χ3n) is 3.66. The summed E-state index contributed by atoms with van der Waals surface area (Å²) in [4.78, 5) is 16.2. The summed E-state index contributed by atoms with van der Waals surface area (Å²) in [6.07, 6.45) is 4.40. The molecule has 1 aromatic heterocycles. The molecule has 3 rings (SSSR count). The molecular formula is C17H21Cl2N3O2. The number of rotatable bonds is 5. The van der Waals surface area contributed by atoms with E-state index in [-0.39, 0.29) is 36.6 Å². The second kappa shape index (κ2) is 10.1. The molecular weight excluding hydrogens is 349 g/mol. The van der Waals surface area contributed by atoms with Crippen molar-refractivity contribution in [3.8, 4) is 5.75 Å². The first kappa shape index (κ1) is 20.2. The smallest absolute Gasteiger partial charge is 0.228 e. The highest BCUT2D eigenvalue weighted by atomic mass is 35.5. The van der Waals surface area contributed by atoms with Gasteiger partial charge in [0, 0.05) is 36.3 Å². The largest absolute Gasteiger partial charge is 0.489 e.